The van der Waals surface area contributed by atoms with Crippen LogP contribution < -0.4 is 4.90 Å². The van der Waals surface area contributed by atoms with E-state index in [1.807, 2.05) is 4.90 Å². The maximum atomic E-state index is 13.4. The molecule has 0 radical (unpaired) electrons. The molecule has 0 bridgehead atoms. The molecule has 0 unspecified atom stereocenters. The van der Waals surface area contributed by atoms with Crippen molar-refractivity contribution in [1.82, 2.24) is 4.90 Å². The Kier molecular flexibility index (Phi) is 5.43. The third kappa shape index (κ3) is 3.88. The van der Waals surface area contributed by atoms with E-state index in [0.29, 0.717) is 44.0 Å². The van der Waals surface area contributed by atoms with Crippen molar-refractivity contribution >= 4 is 11.6 Å². The van der Waals surface area contributed by atoms with Gasteiger partial charge in [0.25, 0.3) is 5.91 Å². The van der Waals surface area contributed by atoms with Gasteiger partial charge in [-0.1, -0.05) is 0 Å². The summed E-state index contributed by atoms with van der Waals surface area (Å²) >= 11 is 0. The van der Waals surface area contributed by atoms with Gasteiger partial charge in [-0.3, -0.25) is 4.79 Å². The minimum Gasteiger partial charge on any atom is -0.472 e. The highest BCUT2D eigenvalue weighted by Gasteiger charge is 2.51. The summed E-state index contributed by atoms with van der Waals surface area (Å²) in [6, 6.07) is 7.06. The topological polar surface area (TPSA) is 69.7 Å². The number of piperidine rings is 1. The molecule has 1 aromatic carbocycles. The molecule has 0 N–H and O–H groups in total. The molecule has 0 aliphatic carbocycles. The number of benzene rings is 1. The van der Waals surface area contributed by atoms with Gasteiger partial charge in [-0.2, -0.15) is 18.4 Å². The van der Waals surface area contributed by atoms with Crippen molar-refractivity contribution in [1.29, 1.82) is 5.26 Å². The number of fused-ring (bicyclic) bond motifs is 1. The number of carbonyl (C=O) groups excluding carboxylic acids is 1. The summed E-state index contributed by atoms with van der Waals surface area (Å²) in [7, 11) is 1.59. The van der Waals surface area contributed by atoms with Crippen molar-refractivity contribution in [3.8, 4) is 6.07 Å². The first-order valence-electron chi connectivity index (χ1n) is 9.94. The first kappa shape index (κ1) is 21.2. The molecule has 1 aromatic heterocycles. The number of carbonyl (C=O) groups is 1. The van der Waals surface area contributed by atoms with E-state index in [-0.39, 0.29) is 11.8 Å². The molecule has 0 saturated carbocycles. The van der Waals surface area contributed by atoms with Crippen LogP contribution in [0.15, 0.2) is 41.2 Å². The van der Waals surface area contributed by atoms with Gasteiger partial charge in [0, 0.05) is 44.4 Å². The molecular weight excluding hydrogens is 411 g/mol. The van der Waals surface area contributed by atoms with Gasteiger partial charge in [-0.15, -0.1) is 0 Å². The Morgan fingerprint density at radius 2 is 2.16 bits per heavy atom. The number of likely N-dealkylation sites (tertiary alicyclic amines) is 1. The maximum absolute atomic E-state index is 13.4. The van der Waals surface area contributed by atoms with Gasteiger partial charge in [0.15, 0.2) is 0 Å². The lowest BCUT2D eigenvalue weighted by atomic mass is 9.74. The van der Waals surface area contributed by atoms with Crippen LogP contribution in [0.1, 0.15) is 27.9 Å². The number of furan rings is 1. The number of nitriles is 1. The second-order valence-electron chi connectivity index (χ2n) is 8.24. The van der Waals surface area contributed by atoms with Gasteiger partial charge >= 0.3 is 6.18 Å². The molecule has 164 valence electrons. The van der Waals surface area contributed by atoms with Crippen molar-refractivity contribution in [2.45, 2.75) is 12.6 Å². The molecule has 0 spiro atoms. The summed E-state index contributed by atoms with van der Waals surface area (Å²) in [5.41, 5.74) is -0.818. The summed E-state index contributed by atoms with van der Waals surface area (Å²) in [5, 5.41) is 9.05. The van der Waals surface area contributed by atoms with Crippen LogP contribution in [0.4, 0.5) is 18.9 Å². The van der Waals surface area contributed by atoms with E-state index in [4.69, 9.17) is 14.4 Å². The number of hydrogen-bond acceptors (Lipinski definition) is 5. The van der Waals surface area contributed by atoms with Crippen molar-refractivity contribution in [2.24, 2.45) is 11.3 Å². The van der Waals surface area contributed by atoms with Crippen LogP contribution in [-0.2, 0) is 10.9 Å². The number of halogens is 3. The van der Waals surface area contributed by atoms with Crippen LogP contribution in [0.3, 0.4) is 0 Å². The van der Waals surface area contributed by atoms with E-state index in [1.54, 1.807) is 30.2 Å². The van der Waals surface area contributed by atoms with Crippen molar-refractivity contribution in [3.05, 3.63) is 53.5 Å². The van der Waals surface area contributed by atoms with Gasteiger partial charge in [0.1, 0.15) is 6.26 Å². The lowest BCUT2D eigenvalue weighted by Crippen LogP contribution is -2.52. The fourth-order valence-corrected chi connectivity index (χ4v) is 4.88. The highest BCUT2D eigenvalue weighted by Crippen LogP contribution is 2.45. The number of hydrogen-bond donors (Lipinski definition) is 0. The number of nitrogens with zero attached hydrogens (tertiary/aromatic N) is 3. The number of rotatable bonds is 4. The molecule has 1 amide bonds. The summed E-state index contributed by atoms with van der Waals surface area (Å²) in [6.45, 7) is 2.44. The zero-order valence-electron chi connectivity index (χ0n) is 17.0. The van der Waals surface area contributed by atoms with E-state index in [2.05, 4.69) is 0 Å². The van der Waals surface area contributed by atoms with Crippen LogP contribution in [0.2, 0.25) is 0 Å². The van der Waals surface area contributed by atoms with Gasteiger partial charge in [0.05, 0.1) is 35.6 Å². The predicted octanol–water partition coefficient (Wildman–Crippen LogP) is 3.79. The molecule has 3 heterocycles. The van der Waals surface area contributed by atoms with Gasteiger partial charge in [-0.25, -0.2) is 0 Å². The van der Waals surface area contributed by atoms with Gasteiger partial charge < -0.3 is 19.0 Å². The third-order valence-electron chi connectivity index (χ3n) is 6.35. The van der Waals surface area contributed by atoms with Crippen LogP contribution in [0.5, 0.6) is 0 Å². The Balaban J connectivity index is 1.61. The highest BCUT2D eigenvalue weighted by molar-refractivity contribution is 5.94. The van der Waals surface area contributed by atoms with E-state index < -0.39 is 22.7 Å². The first-order valence-corrected chi connectivity index (χ1v) is 9.94. The van der Waals surface area contributed by atoms with Crippen LogP contribution in [0, 0.1) is 22.7 Å². The van der Waals surface area contributed by atoms with E-state index >= 15 is 0 Å². The lowest BCUT2D eigenvalue weighted by molar-refractivity contribution is -0.137. The van der Waals surface area contributed by atoms with E-state index in [9.17, 15) is 18.0 Å². The Morgan fingerprint density at radius 3 is 2.81 bits per heavy atom. The average Bonchev–Trinajstić information content (AvgIpc) is 3.40. The molecule has 4 rings (SSSR count). The number of amides is 1. The Bertz CT molecular complexity index is 1000. The lowest BCUT2D eigenvalue weighted by Gasteiger charge is -2.43. The smallest absolute Gasteiger partial charge is 0.417 e. The Morgan fingerprint density at radius 1 is 1.35 bits per heavy atom. The number of anilines is 1. The zero-order valence-corrected chi connectivity index (χ0v) is 17.0. The SMILES string of the molecule is COC[C@@]12CN(C(=O)c3ccoc3)CC[C@@H]1CN(c1ccc(C#N)c(C(F)(F)F)c1)C2. The maximum Gasteiger partial charge on any atom is 0.417 e. The second kappa shape index (κ2) is 7.93. The number of alkyl halides is 3. The quantitative estimate of drug-likeness (QED) is 0.734. The molecule has 31 heavy (non-hydrogen) atoms. The Labute approximate surface area is 177 Å². The van der Waals surface area contributed by atoms with Crippen molar-refractivity contribution in [2.75, 3.05) is 44.8 Å². The number of methoxy groups -OCH3 is 1. The third-order valence-corrected chi connectivity index (χ3v) is 6.35. The molecule has 2 aliphatic heterocycles. The average molecular weight is 433 g/mol. The summed E-state index contributed by atoms with van der Waals surface area (Å²) < 4.78 is 50.8. The fourth-order valence-electron chi connectivity index (χ4n) is 4.88. The van der Waals surface area contributed by atoms with Gasteiger partial charge in [-0.05, 0) is 36.6 Å². The van der Waals surface area contributed by atoms with Crippen LogP contribution in [-0.4, -0.2) is 50.7 Å². The highest BCUT2D eigenvalue weighted by atomic mass is 19.4. The minimum atomic E-state index is -4.61. The number of ether oxygens (including phenoxy) is 1. The largest absolute Gasteiger partial charge is 0.472 e. The van der Waals surface area contributed by atoms with Crippen molar-refractivity contribution in [3.63, 3.8) is 0 Å². The van der Waals surface area contributed by atoms with E-state index in [1.165, 1.54) is 18.6 Å². The fraction of sp³-hybridized carbons (Fsp3) is 0.455. The van der Waals surface area contributed by atoms with E-state index in [0.717, 1.165) is 12.5 Å². The molecule has 2 atom stereocenters. The first-order chi connectivity index (χ1) is 14.8. The Hall–Kier alpha value is -2.99. The second-order valence-corrected chi connectivity index (χ2v) is 8.24. The summed E-state index contributed by atoms with van der Waals surface area (Å²) in [4.78, 5) is 16.5. The molecular formula is C22H22F3N3O3. The van der Waals surface area contributed by atoms with Crippen LogP contribution >= 0.6 is 0 Å². The standard InChI is InChI=1S/C22H22F3N3O3/c1-30-14-21-12-27(20(29)16-5-7-31-11-16)6-4-17(21)10-28(13-21)18-3-2-15(9-26)19(8-18)22(23,24)25/h2-3,5,7-8,11,17H,4,6,10,12-14H2,1H3/t17-,21+/m1/s1. The van der Waals surface area contributed by atoms with Gasteiger partial charge in [0.2, 0.25) is 0 Å². The summed E-state index contributed by atoms with van der Waals surface area (Å²) in [6.07, 6.45) is -1.02. The monoisotopic (exact) mass is 433 g/mol. The molecule has 2 aromatic rings. The molecule has 2 fully saturated rings. The minimum absolute atomic E-state index is 0.126. The predicted molar refractivity (Wildman–Crippen MR) is 105 cm³/mol. The normalized spacial score (nSPS) is 23.5. The van der Waals surface area contributed by atoms with Crippen LogP contribution in [0.25, 0.3) is 0 Å². The molecule has 2 aliphatic rings. The molecule has 6 nitrogen and oxygen atoms in total. The zero-order chi connectivity index (χ0) is 22.2. The summed E-state index contributed by atoms with van der Waals surface area (Å²) in [5.74, 6) is 0.0460. The molecule has 2 saturated heterocycles. The van der Waals surface area contributed by atoms with Crippen molar-refractivity contribution < 1.29 is 27.1 Å². The molecule has 9 heteroatoms.